The number of azide groups is 1. The molecule has 1 heterocycles. The maximum absolute atomic E-state index is 12.1. The summed E-state index contributed by atoms with van der Waals surface area (Å²) in [5.74, 6) is 1.06. The van der Waals surface area contributed by atoms with Gasteiger partial charge in [0.15, 0.2) is 11.5 Å². The molecule has 0 aliphatic carbocycles. The standard InChI is InChI=1S/C27H31N5O4/c1-4-36-27(33)14-22-20-7-5-17(11-18(20)6-8-23(22)28)16-32-10-9-19-12-25(34-2)26(35-3)13-21(19)24(32)15-30-31-29/h5-8,11-13,24H,4,9-10,14-16,28H2,1-3H3. The van der Waals surface area contributed by atoms with E-state index in [1.165, 1.54) is 5.56 Å². The lowest BCUT2D eigenvalue weighted by atomic mass is 9.91. The first-order valence-electron chi connectivity index (χ1n) is 11.9. The number of anilines is 1. The van der Waals surface area contributed by atoms with E-state index in [9.17, 15) is 4.79 Å². The summed E-state index contributed by atoms with van der Waals surface area (Å²) in [6.07, 6.45) is 0.981. The minimum atomic E-state index is -0.291. The smallest absolute Gasteiger partial charge is 0.310 e. The summed E-state index contributed by atoms with van der Waals surface area (Å²) in [6, 6.07) is 13.9. The van der Waals surface area contributed by atoms with E-state index in [4.69, 9.17) is 25.5 Å². The Hall–Kier alpha value is -3.94. The molecule has 0 radical (unpaired) electrons. The Morgan fingerprint density at radius 1 is 1.17 bits per heavy atom. The zero-order valence-electron chi connectivity index (χ0n) is 20.9. The molecule has 0 amide bonds. The Morgan fingerprint density at radius 2 is 1.94 bits per heavy atom. The van der Waals surface area contributed by atoms with E-state index in [1.807, 2.05) is 30.3 Å². The highest BCUT2D eigenvalue weighted by Gasteiger charge is 2.29. The van der Waals surface area contributed by atoms with Crippen LogP contribution in [0.5, 0.6) is 11.5 Å². The number of nitrogen functional groups attached to an aromatic ring is 1. The molecule has 2 N–H and O–H groups in total. The molecule has 1 atom stereocenters. The van der Waals surface area contributed by atoms with Crippen LogP contribution in [0, 0.1) is 0 Å². The largest absolute Gasteiger partial charge is 0.493 e. The van der Waals surface area contributed by atoms with Crippen molar-refractivity contribution in [1.82, 2.24) is 4.90 Å². The number of methoxy groups -OCH3 is 2. The van der Waals surface area contributed by atoms with Crippen molar-refractivity contribution >= 4 is 22.4 Å². The van der Waals surface area contributed by atoms with E-state index in [-0.39, 0.29) is 18.4 Å². The summed E-state index contributed by atoms with van der Waals surface area (Å²) in [7, 11) is 3.24. The molecule has 9 heteroatoms. The Labute approximate surface area is 210 Å². The maximum Gasteiger partial charge on any atom is 0.310 e. The minimum Gasteiger partial charge on any atom is -0.493 e. The van der Waals surface area contributed by atoms with Crippen LogP contribution in [0.25, 0.3) is 21.2 Å². The van der Waals surface area contributed by atoms with Crippen LogP contribution in [-0.2, 0) is 28.9 Å². The van der Waals surface area contributed by atoms with Gasteiger partial charge < -0.3 is 19.9 Å². The molecule has 1 aliphatic rings. The molecule has 188 valence electrons. The molecule has 3 aromatic carbocycles. The van der Waals surface area contributed by atoms with Gasteiger partial charge in [0.05, 0.1) is 27.2 Å². The number of nitrogens with two attached hydrogens (primary N) is 1. The predicted octanol–water partition coefficient (Wildman–Crippen LogP) is 4.95. The van der Waals surface area contributed by atoms with Gasteiger partial charge in [0.25, 0.3) is 0 Å². The molecule has 0 saturated heterocycles. The van der Waals surface area contributed by atoms with Crippen LogP contribution < -0.4 is 15.2 Å². The van der Waals surface area contributed by atoms with Crippen LogP contribution in [0.3, 0.4) is 0 Å². The summed E-state index contributed by atoms with van der Waals surface area (Å²) >= 11 is 0. The molecule has 9 nitrogen and oxygen atoms in total. The number of nitrogens with zero attached hydrogens (tertiary/aromatic N) is 4. The number of hydrogen-bond acceptors (Lipinski definition) is 7. The van der Waals surface area contributed by atoms with Crippen LogP contribution in [0.2, 0.25) is 0 Å². The quantitative estimate of drug-likeness (QED) is 0.149. The lowest BCUT2D eigenvalue weighted by Crippen LogP contribution is -2.36. The van der Waals surface area contributed by atoms with Crippen molar-refractivity contribution in [1.29, 1.82) is 0 Å². The summed E-state index contributed by atoms with van der Waals surface area (Å²) in [5, 5.41) is 5.86. The normalized spacial score (nSPS) is 15.1. The molecule has 0 spiro atoms. The molecule has 0 saturated carbocycles. The van der Waals surface area contributed by atoms with E-state index in [2.05, 4.69) is 27.1 Å². The Balaban J connectivity index is 1.65. The molecular weight excluding hydrogens is 458 g/mol. The predicted molar refractivity (Wildman–Crippen MR) is 139 cm³/mol. The van der Waals surface area contributed by atoms with Crippen LogP contribution in [0.4, 0.5) is 5.69 Å². The number of ether oxygens (including phenoxy) is 3. The van der Waals surface area contributed by atoms with Crippen molar-refractivity contribution < 1.29 is 19.0 Å². The van der Waals surface area contributed by atoms with Crippen molar-refractivity contribution in [2.24, 2.45) is 5.11 Å². The SMILES string of the molecule is CCOC(=O)Cc1c(N)ccc2cc(CN3CCc4cc(OC)c(OC)cc4C3CN=[N+]=[N-])ccc12. The van der Waals surface area contributed by atoms with Crippen LogP contribution in [-0.4, -0.2) is 44.8 Å². The van der Waals surface area contributed by atoms with Gasteiger partial charge in [-0.2, -0.15) is 0 Å². The van der Waals surface area contributed by atoms with Gasteiger partial charge in [0, 0.05) is 36.3 Å². The molecule has 3 aromatic rings. The Kier molecular flexibility index (Phi) is 7.83. The molecule has 1 aliphatic heterocycles. The Morgan fingerprint density at radius 3 is 2.67 bits per heavy atom. The topological polar surface area (TPSA) is 123 Å². The molecule has 0 aromatic heterocycles. The van der Waals surface area contributed by atoms with Gasteiger partial charge in [-0.3, -0.25) is 9.69 Å². The van der Waals surface area contributed by atoms with Gasteiger partial charge in [-0.05, 0) is 76.2 Å². The third-order valence-corrected chi connectivity index (χ3v) is 6.68. The summed E-state index contributed by atoms with van der Waals surface area (Å²) in [6.45, 7) is 3.92. The van der Waals surface area contributed by atoms with E-state index >= 15 is 0 Å². The van der Waals surface area contributed by atoms with Gasteiger partial charge in [-0.25, -0.2) is 0 Å². The molecule has 0 fully saturated rings. The second-order valence-corrected chi connectivity index (χ2v) is 8.73. The van der Waals surface area contributed by atoms with Crippen LogP contribution in [0.1, 0.15) is 35.2 Å². The van der Waals surface area contributed by atoms with Gasteiger partial charge in [-0.1, -0.05) is 23.3 Å². The highest BCUT2D eigenvalue weighted by Crippen LogP contribution is 2.39. The number of carbonyl (C=O) groups is 1. The van der Waals surface area contributed by atoms with Crippen molar-refractivity contribution in [2.45, 2.75) is 32.4 Å². The van der Waals surface area contributed by atoms with E-state index in [0.717, 1.165) is 40.4 Å². The fraction of sp³-hybridized carbons (Fsp3) is 0.370. The summed E-state index contributed by atoms with van der Waals surface area (Å²) < 4.78 is 16.1. The fourth-order valence-electron chi connectivity index (χ4n) is 4.94. The Bertz CT molecular complexity index is 1320. The number of benzene rings is 3. The molecular formula is C27H31N5O4. The van der Waals surface area contributed by atoms with Crippen molar-refractivity contribution in [2.75, 3.05) is 39.6 Å². The van der Waals surface area contributed by atoms with E-state index in [0.29, 0.717) is 36.9 Å². The monoisotopic (exact) mass is 489 g/mol. The summed E-state index contributed by atoms with van der Waals surface area (Å²) in [4.78, 5) is 17.4. The zero-order valence-corrected chi connectivity index (χ0v) is 20.9. The van der Waals surface area contributed by atoms with Crippen molar-refractivity contribution in [3.05, 3.63) is 75.2 Å². The lowest BCUT2D eigenvalue weighted by molar-refractivity contribution is -0.142. The maximum atomic E-state index is 12.1. The molecule has 1 unspecified atom stereocenters. The van der Waals surface area contributed by atoms with E-state index in [1.54, 1.807) is 21.1 Å². The van der Waals surface area contributed by atoms with Crippen molar-refractivity contribution in [3.63, 3.8) is 0 Å². The average Bonchev–Trinajstić information content (AvgIpc) is 2.89. The number of carbonyl (C=O) groups excluding carboxylic acids is 1. The zero-order chi connectivity index (χ0) is 25.7. The second kappa shape index (κ2) is 11.2. The second-order valence-electron chi connectivity index (χ2n) is 8.73. The molecule has 0 bridgehead atoms. The minimum absolute atomic E-state index is 0.0917. The summed E-state index contributed by atoms with van der Waals surface area (Å²) in [5.41, 5.74) is 19.9. The van der Waals surface area contributed by atoms with Gasteiger partial charge in [0.1, 0.15) is 0 Å². The fourth-order valence-corrected chi connectivity index (χ4v) is 4.94. The number of esters is 1. The number of rotatable bonds is 9. The third-order valence-electron chi connectivity index (χ3n) is 6.68. The van der Waals surface area contributed by atoms with E-state index < -0.39 is 0 Å². The first kappa shape index (κ1) is 25.2. The molecule has 36 heavy (non-hydrogen) atoms. The lowest BCUT2D eigenvalue weighted by Gasteiger charge is -2.37. The first-order chi connectivity index (χ1) is 17.5. The first-order valence-corrected chi connectivity index (χ1v) is 11.9. The third kappa shape index (κ3) is 5.17. The number of hydrogen-bond donors (Lipinski definition) is 1. The van der Waals surface area contributed by atoms with Gasteiger partial charge in [-0.15, -0.1) is 0 Å². The van der Waals surface area contributed by atoms with Crippen molar-refractivity contribution in [3.8, 4) is 11.5 Å². The highest BCUT2D eigenvalue weighted by atomic mass is 16.5. The van der Waals surface area contributed by atoms with Crippen LogP contribution in [0.15, 0.2) is 47.6 Å². The van der Waals surface area contributed by atoms with Gasteiger partial charge in [0.2, 0.25) is 0 Å². The number of fused-ring (bicyclic) bond motifs is 2. The van der Waals surface area contributed by atoms with Gasteiger partial charge >= 0.3 is 5.97 Å². The van der Waals surface area contributed by atoms with Crippen LogP contribution >= 0.6 is 0 Å². The average molecular weight is 490 g/mol. The highest BCUT2D eigenvalue weighted by molar-refractivity contribution is 5.93. The molecule has 4 rings (SSSR count).